The Morgan fingerprint density at radius 1 is 1.07 bits per heavy atom. The molecule has 0 N–H and O–H groups in total. The molecule has 2 aromatic rings. The van der Waals surface area contributed by atoms with Crippen molar-refractivity contribution in [2.45, 2.75) is 12.8 Å². The Balaban J connectivity index is 2.50. The molecule has 0 heterocycles. The van der Waals surface area contributed by atoms with Gasteiger partial charge in [0.25, 0.3) is 0 Å². The lowest BCUT2D eigenvalue weighted by Gasteiger charge is -2.11. The van der Waals surface area contributed by atoms with E-state index < -0.39 is 0 Å². The summed E-state index contributed by atoms with van der Waals surface area (Å²) >= 11 is 0. The standard InChI is InChI=1S/C14H12/c1-2-6-12-10-14-8-4-3-7-13(14)9-11(12)5-1/h1-3,5-7,9-10H,4,8H2/i9D,10D. The second-order valence-electron chi connectivity index (χ2n) is 3.63. The second-order valence-corrected chi connectivity index (χ2v) is 3.63. The predicted octanol–water partition coefficient (Wildman–Crippen LogP) is 3.80. The molecule has 0 heteroatoms. The van der Waals surface area contributed by atoms with Crippen LogP contribution in [-0.4, -0.2) is 0 Å². The fourth-order valence-electron chi connectivity index (χ4n) is 1.92. The Morgan fingerprint density at radius 3 is 2.71 bits per heavy atom. The highest BCUT2D eigenvalue weighted by Crippen LogP contribution is 2.25. The monoisotopic (exact) mass is 182 g/mol. The molecule has 3 rings (SSSR count). The van der Waals surface area contributed by atoms with Gasteiger partial charge in [0.2, 0.25) is 0 Å². The van der Waals surface area contributed by atoms with Crippen LogP contribution in [0.25, 0.3) is 16.8 Å². The van der Waals surface area contributed by atoms with Gasteiger partial charge in [0, 0.05) is 0 Å². The van der Waals surface area contributed by atoms with Crippen molar-refractivity contribution in [1.82, 2.24) is 0 Å². The van der Waals surface area contributed by atoms with Gasteiger partial charge < -0.3 is 0 Å². The Hall–Kier alpha value is -1.56. The molecule has 0 bridgehead atoms. The minimum atomic E-state index is 0.567. The molecule has 1 aliphatic rings. The highest BCUT2D eigenvalue weighted by Gasteiger charge is 2.05. The van der Waals surface area contributed by atoms with Gasteiger partial charge in [-0.3, -0.25) is 0 Å². The lowest BCUT2D eigenvalue weighted by molar-refractivity contribution is 0.989. The third kappa shape index (κ3) is 1.15. The average Bonchev–Trinajstić information content (AvgIpc) is 2.36. The quantitative estimate of drug-likeness (QED) is 0.581. The van der Waals surface area contributed by atoms with E-state index in [4.69, 9.17) is 2.74 Å². The summed E-state index contributed by atoms with van der Waals surface area (Å²) in [6.45, 7) is 0. The van der Waals surface area contributed by atoms with Crippen LogP contribution in [0.4, 0.5) is 0 Å². The third-order valence-corrected chi connectivity index (χ3v) is 2.65. The van der Waals surface area contributed by atoms with Crippen LogP contribution in [0, 0.1) is 0 Å². The first-order valence-electron chi connectivity index (χ1n) is 5.96. The second kappa shape index (κ2) is 2.98. The summed E-state index contributed by atoms with van der Waals surface area (Å²) in [7, 11) is 0. The molecule has 14 heavy (non-hydrogen) atoms. The SMILES string of the molecule is [2H]c1c2c(c([2H])c3ccccc13)CCC=C2. The van der Waals surface area contributed by atoms with Gasteiger partial charge in [0.1, 0.15) is 0 Å². The molecule has 2 aromatic carbocycles. The Morgan fingerprint density at radius 2 is 1.86 bits per heavy atom. The molecule has 0 saturated carbocycles. The zero-order valence-electron chi connectivity index (χ0n) is 9.88. The zero-order chi connectivity index (χ0) is 11.1. The Labute approximate surface area is 86.7 Å². The summed E-state index contributed by atoms with van der Waals surface area (Å²) in [5.41, 5.74) is 1.97. The van der Waals surface area contributed by atoms with Crippen molar-refractivity contribution in [3.05, 3.63) is 53.6 Å². The molecule has 0 aliphatic heterocycles. The van der Waals surface area contributed by atoms with Gasteiger partial charge in [-0.1, -0.05) is 42.5 Å². The molecule has 0 saturated heterocycles. The Kier molecular flexibility index (Phi) is 1.28. The van der Waals surface area contributed by atoms with Crippen molar-refractivity contribution < 1.29 is 2.74 Å². The maximum absolute atomic E-state index is 8.20. The topological polar surface area (TPSA) is 0 Å². The highest BCUT2D eigenvalue weighted by molar-refractivity contribution is 5.86. The molecule has 0 aromatic heterocycles. The summed E-state index contributed by atoms with van der Waals surface area (Å²) in [4.78, 5) is 0. The predicted molar refractivity (Wildman–Crippen MR) is 61.3 cm³/mol. The molecule has 0 fully saturated rings. The van der Waals surface area contributed by atoms with Gasteiger partial charge in [-0.05, 0) is 40.8 Å². The van der Waals surface area contributed by atoms with Crippen LogP contribution in [0.3, 0.4) is 0 Å². The molecule has 0 amide bonds. The minimum Gasteiger partial charge on any atom is -0.0836 e. The van der Waals surface area contributed by atoms with E-state index in [-0.39, 0.29) is 0 Å². The van der Waals surface area contributed by atoms with Crippen molar-refractivity contribution in [3.8, 4) is 0 Å². The van der Waals surface area contributed by atoms with Crippen LogP contribution in [0.15, 0.2) is 42.4 Å². The first kappa shape index (κ1) is 6.02. The van der Waals surface area contributed by atoms with Gasteiger partial charge in [-0.15, -0.1) is 0 Å². The largest absolute Gasteiger partial charge is 0.0836 e. The number of allylic oxidation sites excluding steroid dienone is 1. The van der Waals surface area contributed by atoms with Crippen LogP contribution in [0.5, 0.6) is 0 Å². The van der Waals surface area contributed by atoms with Crippen molar-refractivity contribution in [1.29, 1.82) is 0 Å². The fourth-order valence-corrected chi connectivity index (χ4v) is 1.92. The molecule has 0 atom stereocenters. The number of benzene rings is 2. The van der Waals surface area contributed by atoms with E-state index in [1.54, 1.807) is 0 Å². The number of hydrogen-bond acceptors (Lipinski definition) is 0. The normalized spacial score (nSPS) is 16.3. The first-order valence-corrected chi connectivity index (χ1v) is 4.96. The zero-order valence-corrected chi connectivity index (χ0v) is 7.88. The van der Waals surface area contributed by atoms with Crippen LogP contribution < -0.4 is 0 Å². The summed E-state index contributed by atoms with van der Waals surface area (Å²) in [5.74, 6) is 0. The minimum absolute atomic E-state index is 0.567. The van der Waals surface area contributed by atoms with Crippen LogP contribution in [-0.2, 0) is 6.42 Å². The van der Waals surface area contributed by atoms with Gasteiger partial charge >= 0.3 is 0 Å². The van der Waals surface area contributed by atoms with Gasteiger partial charge in [-0.2, -0.15) is 0 Å². The summed E-state index contributed by atoms with van der Waals surface area (Å²) in [6, 6.07) is 8.90. The van der Waals surface area contributed by atoms with Crippen molar-refractivity contribution in [2.24, 2.45) is 0 Å². The van der Waals surface area contributed by atoms with Crippen molar-refractivity contribution in [2.75, 3.05) is 0 Å². The molecular formula is C14H12. The maximum Gasteiger partial charge on any atom is 0.0636 e. The van der Waals surface area contributed by atoms with Crippen molar-refractivity contribution in [3.63, 3.8) is 0 Å². The fraction of sp³-hybridized carbons (Fsp3) is 0.143. The van der Waals surface area contributed by atoms with Crippen molar-refractivity contribution >= 4 is 16.8 Å². The molecule has 0 unspecified atom stereocenters. The van der Waals surface area contributed by atoms with Crippen LogP contribution in [0.2, 0.25) is 0 Å². The number of rotatable bonds is 0. The molecule has 1 aliphatic carbocycles. The van der Waals surface area contributed by atoms with E-state index in [2.05, 4.69) is 6.08 Å². The molecule has 0 spiro atoms. The van der Waals surface area contributed by atoms with E-state index in [1.165, 1.54) is 0 Å². The summed E-state index contributed by atoms with van der Waals surface area (Å²) in [6.07, 6.45) is 5.96. The summed E-state index contributed by atoms with van der Waals surface area (Å²) < 4.78 is 16.4. The number of fused-ring (bicyclic) bond motifs is 2. The first-order chi connectivity index (χ1) is 7.79. The van der Waals surface area contributed by atoms with E-state index in [0.717, 1.165) is 34.7 Å². The van der Waals surface area contributed by atoms with E-state index in [0.29, 0.717) is 12.1 Å². The maximum atomic E-state index is 8.20. The summed E-state index contributed by atoms with van der Waals surface area (Å²) in [5, 5.41) is 1.79. The molecular weight excluding hydrogens is 168 g/mol. The Bertz CT molecular complexity index is 597. The number of hydrogen-bond donors (Lipinski definition) is 0. The van der Waals surface area contributed by atoms with Gasteiger partial charge in [0.05, 0.1) is 2.74 Å². The smallest absolute Gasteiger partial charge is 0.0636 e. The lowest BCUT2D eigenvalue weighted by atomic mass is 9.94. The molecule has 0 radical (unpaired) electrons. The average molecular weight is 182 g/mol. The van der Waals surface area contributed by atoms with Crippen LogP contribution in [0.1, 0.15) is 20.3 Å². The van der Waals surface area contributed by atoms with Crippen LogP contribution >= 0.6 is 0 Å². The van der Waals surface area contributed by atoms with Gasteiger partial charge in [0.15, 0.2) is 0 Å². The van der Waals surface area contributed by atoms with Gasteiger partial charge in [-0.25, -0.2) is 0 Å². The van der Waals surface area contributed by atoms with E-state index >= 15 is 0 Å². The van der Waals surface area contributed by atoms with E-state index in [9.17, 15) is 0 Å². The molecule has 0 nitrogen and oxygen atoms in total. The van der Waals surface area contributed by atoms with E-state index in [1.807, 2.05) is 30.3 Å². The third-order valence-electron chi connectivity index (χ3n) is 2.65. The molecule has 68 valence electrons. The highest BCUT2D eigenvalue weighted by atomic mass is 14.1. The lowest BCUT2D eigenvalue weighted by Crippen LogP contribution is -1.93.